The van der Waals surface area contributed by atoms with Crippen molar-refractivity contribution < 1.29 is 4.74 Å². The van der Waals surface area contributed by atoms with Crippen LogP contribution in [0, 0.1) is 6.92 Å². The normalized spacial score (nSPS) is 10.2. The first-order chi connectivity index (χ1) is 8.70. The highest BCUT2D eigenvalue weighted by atomic mass is 79.9. The number of hydrogen-bond acceptors (Lipinski definition) is 3. The maximum atomic E-state index is 5.47. The zero-order chi connectivity index (χ0) is 13.0. The van der Waals surface area contributed by atoms with Gasteiger partial charge in [0.25, 0.3) is 0 Å². The molecule has 1 aromatic carbocycles. The molecule has 1 N–H and O–H groups in total. The van der Waals surface area contributed by atoms with Crippen molar-refractivity contribution in [3.8, 4) is 5.75 Å². The molecule has 0 bridgehead atoms. The van der Waals surface area contributed by atoms with E-state index in [0.717, 1.165) is 27.3 Å². The molecule has 2 rings (SSSR count). The number of nitrogens with zero attached hydrogens (tertiary/aromatic N) is 1. The third kappa shape index (κ3) is 3.01. The second-order valence-corrected chi connectivity index (χ2v) is 4.67. The van der Waals surface area contributed by atoms with E-state index in [2.05, 4.69) is 26.2 Å². The van der Waals surface area contributed by atoms with Gasteiger partial charge in [0, 0.05) is 18.0 Å². The number of halogens is 1. The molecule has 0 aliphatic heterocycles. The molecule has 0 saturated carbocycles. The molecule has 2 aromatic rings. The van der Waals surface area contributed by atoms with Crippen molar-refractivity contribution in [1.29, 1.82) is 0 Å². The Morgan fingerprint density at radius 3 is 2.94 bits per heavy atom. The number of benzene rings is 1. The van der Waals surface area contributed by atoms with Gasteiger partial charge in [-0.1, -0.05) is 6.07 Å². The highest BCUT2D eigenvalue weighted by Crippen LogP contribution is 2.27. The third-order valence-electron chi connectivity index (χ3n) is 2.49. The lowest BCUT2D eigenvalue weighted by atomic mass is 10.2. The Labute approximate surface area is 115 Å². The minimum Gasteiger partial charge on any atom is -0.494 e. The Balaban J connectivity index is 2.23. The first-order valence-corrected chi connectivity index (χ1v) is 6.61. The van der Waals surface area contributed by atoms with Crippen molar-refractivity contribution >= 4 is 27.4 Å². The highest BCUT2D eigenvalue weighted by molar-refractivity contribution is 9.10. The average molecular weight is 307 g/mol. The van der Waals surface area contributed by atoms with Gasteiger partial charge in [-0.05, 0) is 53.5 Å². The molecule has 0 saturated heterocycles. The SMILES string of the molecule is CCOc1cccc(Nc2nccc(C)c2Br)c1. The van der Waals surface area contributed by atoms with Crippen LogP contribution >= 0.6 is 15.9 Å². The molecular formula is C14H15BrN2O. The van der Waals surface area contributed by atoms with Crippen molar-refractivity contribution in [2.75, 3.05) is 11.9 Å². The van der Waals surface area contributed by atoms with Gasteiger partial charge in [0.2, 0.25) is 0 Å². The average Bonchev–Trinajstić information content (AvgIpc) is 2.36. The quantitative estimate of drug-likeness (QED) is 0.914. The van der Waals surface area contributed by atoms with Gasteiger partial charge in [-0.25, -0.2) is 4.98 Å². The van der Waals surface area contributed by atoms with Crippen LogP contribution in [0.15, 0.2) is 41.0 Å². The van der Waals surface area contributed by atoms with Crippen molar-refractivity contribution in [1.82, 2.24) is 4.98 Å². The van der Waals surface area contributed by atoms with E-state index >= 15 is 0 Å². The predicted octanol–water partition coefficient (Wildman–Crippen LogP) is 4.29. The number of ether oxygens (including phenoxy) is 1. The van der Waals surface area contributed by atoms with Crippen molar-refractivity contribution in [2.24, 2.45) is 0 Å². The number of hydrogen-bond donors (Lipinski definition) is 1. The largest absolute Gasteiger partial charge is 0.494 e. The van der Waals surface area contributed by atoms with E-state index in [1.807, 2.05) is 44.2 Å². The molecule has 94 valence electrons. The first kappa shape index (κ1) is 12.9. The molecule has 0 aliphatic rings. The summed E-state index contributed by atoms with van der Waals surface area (Å²) in [5.41, 5.74) is 2.10. The Hall–Kier alpha value is -1.55. The van der Waals surface area contributed by atoms with Gasteiger partial charge in [0.1, 0.15) is 11.6 Å². The van der Waals surface area contributed by atoms with Gasteiger partial charge in [0.15, 0.2) is 0 Å². The second-order valence-electron chi connectivity index (χ2n) is 3.88. The highest BCUT2D eigenvalue weighted by Gasteiger charge is 2.04. The monoisotopic (exact) mass is 306 g/mol. The summed E-state index contributed by atoms with van der Waals surface area (Å²) in [5.74, 6) is 1.66. The molecular weight excluding hydrogens is 292 g/mol. The molecule has 0 spiro atoms. The number of aryl methyl sites for hydroxylation is 1. The molecule has 0 atom stereocenters. The van der Waals surface area contributed by atoms with Crippen LogP contribution in [-0.4, -0.2) is 11.6 Å². The maximum absolute atomic E-state index is 5.47. The molecule has 0 unspecified atom stereocenters. The second kappa shape index (κ2) is 5.87. The van der Waals surface area contributed by atoms with Crippen LogP contribution in [0.25, 0.3) is 0 Å². The van der Waals surface area contributed by atoms with Crippen LogP contribution in [0.4, 0.5) is 11.5 Å². The topological polar surface area (TPSA) is 34.1 Å². The zero-order valence-corrected chi connectivity index (χ0v) is 12.0. The number of rotatable bonds is 4. The number of pyridine rings is 1. The summed E-state index contributed by atoms with van der Waals surface area (Å²) in [7, 11) is 0. The fourth-order valence-electron chi connectivity index (χ4n) is 1.59. The number of nitrogens with one attached hydrogen (secondary N) is 1. The number of anilines is 2. The number of aromatic nitrogens is 1. The van der Waals surface area contributed by atoms with Gasteiger partial charge >= 0.3 is 0 Å². The fraction of sp³-hybridized carbons (Fsp3) is 0.214. The Morgan fingerprint density at radius 1 is 1.33 bits per heavy atom. The molecule has 0 radical (unpaired) electrons. The molecule has 0 aliphatic carbocycles. The minimum atomic E-state index is 0.663. The van der Waals surface area contributed by atoms with Gasteiger partial charge in [-0.15, -0.1) is 0 Å². The summed E-state index contributed by atoms with van der Waals surface area (Å²) in [5, 5.41) is 3.27. The van der Waals surface area contributed by atoms with Crippen LogP contribution in [0.3, 0.4) is 0 Å². The molecule has 0 fully saturated rings. The lowest BCUT2D eigenvalue weighted by Crippen LogP contribution is -1.97. The maximum Gasteiger partial charge on any atom is 0.144 e. The van der Waals surface area contributed by atoms with Gasteiger partial charge in [-0.3, -0.25) is 0 Å². The van der Waals surface area contributed by atoms with Crippen LogP contribution < -0.4 is 10.1 Å². The zero-order valence-electron chi connectivity index (χ0n) is 10.4. The van der Waals surface area contributed by atoms with E-state index in [0.29, 0.717) is 6.61 Å². The van der Waals surface area contributed by atoms with Gasteiger partial charge in [0.05, 0.1) is 11.1 Å². The van der Waals surface area contributed by atoms with Crippen molar-refractivity contribution in [3.05, 3.63) is 46.6 Å². The lowest BCUT2D eigenvalue weighted by Gasteiger charge is -2.10. The van der Waals surface area contributed by atoms with Crippen LogP contribution in [0.2, 0.25) is 0 Å². The van der Waals surface area contributed by atoms with Crippen LogP contribution in [-0.2, 0) is 0 Å². The predicted molar refractivity (Wildman–Crippen MR) is 77.6 cm³/mol. The molecule has 1 aromatic heterocycles. The van der Waals surface area contributed by atoms with E-state index < -0.39 is 0 Å². The summed E-state index contributed by atoms with van der Waals surface area (Å²) in [6.07, 6.45) is 1.79. The van der Waals surface area contributed by atoms with E-state index in [9.17, 15) is 0 Å². The fourth-order valence-corrected chi connectivity index (χ4v) is 1.93. The summed E-state index contributed by atoms with van der Waals surface area (Å²) in [4.78, 5) is 4.31. The molecule has 18 heavy (non-hydrogen) atoms. The van der Waals surface area contributed by atoms with E-state index in [1.165, 1.54) is 0 Å². The molecule has 0 amide bonds. The Bertz CT molecular complexity index is 543. The van der Waals surface area contributed by atoms with Gasteiger partial charge in [-0.2, -0.15) is 0 Å². The van der Waals surface area contributed by atoms with Crippen LogP contribution in [0.5, 0.6) is 5.75 Å². The Kier molecular flexibility index (Phi) is 4.20. The Morgan fingerprint density at radius 2 is 2.17 bits per heavy atom. The summed E-state index contributed by atoms with van der Waals surface area (Å²) < 4.78 is 6.44. The van der Waals surface area contributed by atoms with Crippen molar-refractivity contribution in [2.45, 2.75) is 13.8 Å². The molecule has 3 nitrogen and oxygen atoms in total. The van der Waals surface area contributed by atoms with Gasteiger partial charge < -0.3 is 10.1 Å². The standard InChI is InChI=1S/C14H15BrN2O/c1-3-18-12-6-4-5-11(9-12)17-14-13(15)10(2)7-8-16-14/h4-9H,3H2,1-2H3,(H,16,17). The van der Waals surface area contributed by atoms with E-state index in [1.54, 1.807) is 6.20 Å². The molecule has 1 heterocycles. The lowest BCUT2D eigenvalue weighted by molar-refractivity contribution is 0.340. The summed E-state index contributed by atoms with van der Waals surface area (Å²) in [6.45, 7) is 4.67. The van der Waals surface area contributed by atoms with Crippen LogP contribution in [0.1, 0.15) is 12.5 Å². The van der Waals surface area contributed by atoms with E-state index in [-0.39, 0.29) is 0 Å². The molecule has 4 heteroatoms. The van der Waals surface area contributed by atoms with E-state index in [4.69, 9.17) is 4.74 Å². The first-order valence-electron chi connectivity index (χ1n) is 5.81. The summed E-state index contributed by atoms with van der Waals surface area (Å²) in [6, 6.07) is 9.80. The smallest absolute Gasteiger partial charge is 0.144 e. The third-order valence-corrected chi connectivity index (χ3v) is 3.49. The minimum absolute atomic E-state index is 0.663. The summed E-state index contributed by atoms with van der Waals surface area (Å²) >= 11 is 3.53. The van der Waals surface area contributed by atoms with Crippen molar-refractivity contribution in [3.63, 3.8) is 0 Å².